The molecule has 0 aromatic carbocycles. The van der Waals surface area contributed by atoms with Crippen molar-refractivity contribution in [1.82, 2.24) is 15.0 Å². The van der Waals surface area contributed by atoms with Crippen LogP contribution in [0.1, 0.15) is 72.1 Å². The van der Waals surface area contributed by atoms with E-state index in [0.717, 1.165) is 64.4 Å². The number of anilines is 1. The highest BCUT2D eigenvalue weighted by atomic mass is 16.5. The first-order valence-electron chi connectivity index (χ1n) is 11.5. The fraction of sp³-hybridized carbons (Fsp3) is 0.826. The minimum atomic E-state index is -0.222. The Kier molecular flexibility index (Phi) is 5.77. The molecule has 1 atom stereocenters. The predicted molar refractivity (Wildman–Crippen MR) is 115 cm³/mol. The van der Waals surface area contributed by atoms with Crippen LogP contribution in [-0.4, -0.2) is 59.0 Å². The van der Waals surface area contributed by atoms with Crippen LogP contribution < -0.4 is 4.90 Å². The molecular weight excluding hydrogens is 364 g/mol. The highest BCUT2D eigenvalue weighted by Gasteiger charge is 2.43. The van der Waals surface area contributed by atoms with Crippen molar-refractivity contribution in [2.24, 2.45) is 10.8 Å². The highest BCUT2D eigenvalue weighted by Crippen LogP contribution is 2.44. The highest BCUT2D eigenvalue weighted by molar-refractivity contribution is 5.29. The normalized spacial score (nSPS) is 27.6. The number of hydrogen-bond donors (Lipinski definition) is 1. The Labute approximate surface area is 175 Å². The van der Waals surface area contributed by atoms with Crippen molar-refractivity contribution in [1.29, 1.82) is 0 Å². The van der Waals surface area contributed by atoms with E-state index >= 15 is 0 Å². The Bertz CT molecular complexity index is 746. The summed E-state index contributed by atoms with van der Waals surface area (Å²) in [7, 11) is 0. The SMILES string of the molecule is CCc1nc(N2CCC3(CC2)CC(O)CN(CC2=C(C)CCCC2(C)C)C3)no1. The van der Waals surface area contributed by atoms with E-state index in [9.17, 15) is 5.11 Å². The van der Waals surface area contributed by atoms with Crippen molar-refractivity contribution in [3.05, 3.63) is 17.0 Å². The van der Waals surface area contributed by atoms with Gasteiger partial charge in [-0.2, -0.15) is 4.98 Å². The Morgan fingerprint density at radius 3 is 2.62 bits per heavy atom. The number of likely N-dealkylation sites (tertiary alicyclic amines) is 1. The molecule has 1 unspecified atom stereocenters. The molecule has 1 spiro atoms. The van der Waals surface area contributed by atoms with Crippen molar-refractivity contribution < 1.29 is 9.63 Å². The molecule has 1 N–H and O–H groups in total. The molecule has 0 saturated carbocycles. The molecule has 3 aliphatic rings. The molecule has 3 heterocycles. The topological polar surface area (TPSA) is 65.6 Å². The first-order valence-corrected chi connectivity index (χ1v) is 11.5. The monoisotopic (exact) mass is 402 g/mol. The third-order valence-electron chi connectivity index (χ3n) is 7.63. The van der Waals surface area contributed by atoms with Gasteiger partial charge in [-0.25, -0.2) is 0 Å². The summed E-state index contributed by atoms with van der Waals surface area (Å²) in [6.45, 7) is 14.0. The van der Waals surface area contributed by atoms with Crippen LogP contribution in [0.5, 0.6) is 0 Å². The van der Waals surface area contributed by atoms with Crippen LogP contribution in [0, 0.1) is 10.8 Å². The number of hydrogen-bond acceptors (Lipinski definition) is 6. The molecule has 0 radical (unpaired) electrons. The van der Waals surface area contributed by atoms with Crippen molar-refractivity contribution in [2.45, 2.75) is 78.7 Å². The summed E-state index contributed by atoms with van der Waals surface area (Å²) >= 11 is 0. The summed E-state index contributed by atoms with van der Waals surface area (Å²) < 4.78 is 5.30. The number of aliphatic hydroxyl groups excluding tert-OH is 1. The van der Waals surface area contributed by atoms with Crippen molar-refractivity contribution >= 4 is 5.95 Å². The van der Waals surface area contributed by atoms with Gasteiger partial charge in [-0.15, -0.1) is 0 Å². The number of allylic oxidation sites excluding steroid dienone is 1. The molecule has 4 rings (SSSR count). The van der Waals surface area contributed by atoms with Gasteiger partial charge in [0.15, 0.2) is 0 Å². The van der Waals surface area contributed by atoms with Gasteiger partial charge in [0.05, 0.1) is 6.10 Å². The summed E-state index contributed by atoms with van der Waals surface area (Å²) in [6, 6.07) is 0. The Morgan fingerprint density at radius 2 is 1.97 bits per heavy atom. The minimum absolute atomic E-state index is 0.207. The molecule has 29 heavy (non-hydrogen) atoms. The number of aliphatic hydroxyl groups is 1. The Morgan fingerprint density at radius 1 is 1.21 bits per heavy atom. The molecule has 2 saturated heterocycles. The largest absolute Gasteiger partial charge is 0.392 e. The van der Waals surface area contributed by atoms with Gasteiger partial charge in [0, 0.05) is 39.1 Å². The number of β-amino-alcohol motifs (C(OH)–C–C–N with tert-alkyl or cyclic N) is 1. The lowest BCUT2D eigenvalue weighted by Crippen LogP contribution is -2.54. The second kappa shape index (κ2) is 8.03. The van der Waals surface area contributed by atoms with Crippen LogP contribution in [0.2, 0.25) is 0 Å². The number of aromatic nitrogens is 2. The Hall–Kier alpha value is -1.40. The zero-order valence-electron chi connectivity index (χ0n) is 18.7. The van der Waals surface area contributed by atoms with E-state index in [-0.39, 0.29) is 16.9 Å². The molecule has 0 amide bonds. The summed E-state index contributed by atoms with van der Waals surface area (Å²) in [5, 5.41) is 14.9. The maximum Gasteiger partial charge on any atom is 0.266 e. The molecule has 6 heteroatoms. The van der Waals surface area contributed by atoms with Gasteiger partial charge < -0.3 is 14.5 Å². The third kappa shape index (κ3) is 4.38. The van der Waals surface area contributed by atoms with E-state index in [4.69, 9.17) is 4.52 Å². The molecular formula is C23H38N4O2. The van der Waals surface area contributed by atoms with E-state index in [1.165, 1.54) is 19.3 Å². The zero-order chi connectivity index (χ0) is 20.6. The molecule has 1 aromatic heterocycles. The average molecular weight is 403 g/mol. The number of nitrogens with zero attached hydrogens (tertiary/aromatic N) is 4. The fourth-order valence-corrected chi connectivity index (χ4v) is 5.90. The summed E-state index contributed by atoms with van der Waals surface area (Å²) in [4.78, 5) is 9.29. The third-order valence-corrected chi connectivity index (χ3v) is 7.63. The lowest BCUT2D eigenvalue weighted by Gasteiger charge is -2.50. The van der Waals surface area contributed by atoms with Crippen LogP contribution in [0.25, 0.3) is 0 Å². The maximum absolute atomic E-state index is 10.7. The zero-order valence-corrected chi connectivity index (χ0v) is 18.7. The molecule has 2 fully saturated rings. The van der Waals surface area contributed by atoms with E-state index < -0.39 is 0 Å². The van der Waals surface area contributed by atoms with E-state index in [1.54, 1.807) is 11.1 Å². The van der Waals surface area contributed by atoms with Gasteiger partial charge in [-0.05, 0) is 61.4 Å². The predicted octanol–water partition coefficient (Wildman–Crippen LogP) is 3.81. The summed E-state index contributed by atoms with van der Waals surface area (Å²) in [6.07, 6.45) is 7.46. The van der Waals surface area contributed by atoms with Gasteiger partial charge >= 0.3 is 0 Å². The minimum Gasteiger partial charge on any atom is -0.392 e. The number of piperidine rings is 2. The Balaban J connectivity index is 1.43. The summed E-state index contributed by atoms with van der Waals surface area (Å²) in [5.74, 6) is 1.44. The van der Waals surface area contributed by atoms with Crippen LogP contribution in [-0.2, 0) is 6.42 Å². The lowest BCUT2D eigenvalue weighted by atomic mass is 9.70. The van der Waals surface area contributed by atoms with E-state index in [0.29, 0.717) is 5.89 Å². The first-order chi connectivity index (χ1) is 13.8. The van der Waals surface area contributed by atoms with Crippen LogP contribution in [0.15, 0.2) is 15.7 Å². The van der Waals surface area contributed by atoms with Gasteiger partial charge in [0.2, 0.25) is 5.89 Å². The molecule has 1 aromatic rings. The number of aryl methyl sites for hydroxylation is 1. The first kappa shape index (κ1) is 20.9. The van der Waals surface area contributed by atoms with Crippen molar-refractivity contribution in [3.63, 3.8) is 0 Å². The van der Waals surface area contributed by atoms with Crippen molar-refractivity contribution in [3.8, 4) is 0 Å². The molecule has 6 nitrogen and oxygen atoms in total. The van der Waals surface area contributed by atoms with Crippen LogP contribution in [0.3, 0.4) is 0 Å². The van der Waals surface area contributed by atoms with Gasteiger partial charge in [0.1, 0.15) is 0 Å². The summed E-state index contributed by atoms with van der Waals surface area (Å²) in [5.41, 5.74) is 3.69. The van der Waals surface area contributed by atoms with E-state index in [2.05, 4.69) is 40.7 Å². The van der Waals surface area contributed by atoms with E-state index in [1.807, 2.05) is 6.92 Å². The second-order valence-electron chi connectivity index (χ2n) is 10.4. The van der Waals surface area contributed by atoms with Crippen LogP contribution in [0.4, 0.5) is 5.95 Å². The second-order valence-corrected chi connectivity index (χ2v) is 10.4. The molecule has 162 valence electrons. The molecule has 2 aliphatic heterocycles. The van der Waals surface area contributed by atoms with Gasteiger partial charge in [-0.3, -0.25) is 4.90 Å². The van der Waals surface area contributed by atoms with Crippen molar-refractivity contribution in [2.75, 3.05) is 37.6 Å². The van der Waals surface area contributed by atoms with Gasteiger partial charge in [-0.1, -0.05) is 31.9 Å². The average Bonchev–Trinajstić information content (AvgIpc) is 3.14. The van der Waals surface area contributed by atoms with Crippen LogP contribution >= 0.6 is 0 Å². The fourth-order valence-electron chi connectivity index (χ4n) is 5.90. The standard InChI is InChI=1S/C23H38N4O2/c1-5-20-24-21(25-29-20)27-11-9-23(10-12-27)13-18(28)14-26(16-23)15-19-17(2)7-6-8-22(19,3)4/h18,28H,5-16H2,1-4H3. The quantitative estimate of drug-likeness (QED) is 0.773. The smallest absolute Gasteiger partial charge is 0.266 e. The lowest BCUT2D eigenvalue weighted by molar-refractivity contribution is -0.0201. The molecule has 0 bridgehead atoms. The molecule has 1 aliphatic carbocycles. The van der Waals surface area contributed by atoms with Gasteiger partial charge in [0.25, 0.3) is 5.95 Å². The number of rotatable bonds is 4. The maximum atomic E-state index is 10.7.